The molecule has 1 saturated heterocycles. The van der Waals surface area contributed by atoms with Crippen LogP contribution in [-0.2, 0) is 5.41 Å². The molecule has 7 heteroatoms. The van der Waals surface area contributed by atoms with Gasteiger partial charge in [-0.2, -0.15) is 5.26 Å². The number of hydrogen-bond acceptors (Lipinski definition) is 5. The lowest BCUT2D eigenvalue weighted by atomic mass is 9.74. The van der Waals surface area contributed by atoms with E-state index < -0.39 is 0 Å². The van der Waals surface area contributed by atoms with Gasteiger partial charge in [0.2, 0.25) is 0 Å². The van der Waals surface area contributed by atoms with Crippen molar-refractivity contribution in [3.8, 4) is 6.07 Å². The monoisotopic (exact) mass is 368 g/mol. The molecule has 27 heavy (non-hydrogen) atoms. The smallest absolute Gasteiger partial charge is 0.263 e. The van der Waals surface area contributed by atoms with Gasteiger partial charge in [0.05, 0.1) is 18.3 Å². The third kappa shape index (κ3) is 2.81. The van der Waals surface area contributed by atoms with Gasteiger partial charge in [-0.25, -0.2) is 4.39 Å². The van der Waals surface area contributed by atoms with E-state index in [1.807, 2.05) is 0 Å². The number of aryl methyl sites for hydroxylation is 2. The van der Waals surface area contributed by atoms with Crippen molar-refractivity contribution in [3.63, 3.8) is 0 Å². The lowest BCUT2D eigenvalue weighted by Crippen LogP contribution is -2.46. The van der Waals surface area contributed by atoms with Crippen molar-refractivity contribution in [1.82, 2.24) is 10.1 Å². The molecule has 3 heterocycles. The molecule has 1 spiro atoms. The van der Waals surface area contributed by atoms with Crippen molar-refractivity contribution in [2.75, 3.05) is 31.1 Å². The summed E-state index contributed by atoms with van der Waals surface area (Å²) in [5.74, 6) is 0.0422. The van der Waals surface area contributed by atoms with Gasteiger partial charge in [-0.3, -0.25) is 9.69 Å². The Bertz CT molecular complexity index is 918. The van der Waals surface area contributed by atoms with E-state index in [1.165, 1.54) is 6.07 Å². The van der Waals surface area contributed by atoms with E-state index in [9.17, 15) is 9.18 Å². The average molecular weight is 368 g/mol. The molecule has 6 nitrogen and oxygen atoms in total. The van der Waals surface area contributed by atoms with Crippen molar-refractivity contribution in [3.05, 3.63) is 46.6 Å². The first-order valence-electron chi connectivity index (χ1n) is 9.09. The predicted octanol–water partition coefficient (Wildman–Crippen LogP) is 2.95. The molecule has 2 aliphatic rings. The first-order valence-corrected chi connectivity index (χ1v) is 9.09. The van der Waals surface area contributed by atoms with Crippen LogP contribution < -0.4 is 4.90 Å². The van der Waals surface area contributed by atoms with Crippen molar-refractivity contribution >= 4 is 11.6 Å². The number of likely N-dealkylation sites (tertiary alicyclic amines) is 1. The second-order valence-electron chi connectivity index (χ2n) is 7.47. The molecular weight excluding hydrogens is 347 g/mol. The van der Waals surface area contributed by atoms with Gasteiger partial charge < -0.3 is 9.42 Å². The van der Waals surface area contributed by atoms with E-state index in [0.717, 1.165) is 37.2 Å². The summed E-state index contributed by atoms with van der Waals surface area (Å²) in [6.45, 7) is 5.91. The molecule has 0 saturated carbocycles. The number of amides is 1. The van der Waals surface area contributed by atoms with Crippen molar-refractivity contribution in [1.29, 1.82) is 5.26 Å². The number of aromatic nitrogens is 1. The Balaban J connectivity index is 1.71. The molecule has 0 bridgehead atoms. The lowest BCUT2D eigenvalue weighted by molar-refractivity contribution is 0.0976. The standard InChI is InChI=1S/C20H21FN4O2/c1-13-18(14(2)27-23-13)19(26)25-12-20(5-8-24(9-6-20)10-7-22)16-11-15(21)3-4-17(16)25/h3-4,11H,5-6,8-10,12H2,1-2H3. The summed E-state index contributed by atoms with van der Waals surface area (Å²) in [7, 11) is 0. The number of carbonyl (C=O) groups is 1. The van der Waals surface area contributed by atoms with Crippen LogP contribution in [0, 0.1) is 31.0 Å². The Kier molecular flexibility index (Phi) is 4.23. The maximum absolute atomic E-state index is 14.0. The molecule has 2 aromatic rings. The Morgan fingerprint density at radius 2 is 2.11 bits per heavy atom. The molecule has 0 aliphatic carbocycles. The lowest BCUT2D eigenvalue weighted by Gasteiger charge is -2.39. The number of fused-ring (bicyclic) bond motifs is 2. The highest BCUT2D eigenvalue weighted by Gasteiger charge is 2.47. The molecular formula is C20H21FN4O2. The first-order chi connectivity index (χ1) is 12.9. The Morgan fingerprint density at radius 1 is 1.37 bits per heavy atom. The zero-order valence-electron chi connectivity index (χ0n) is 15.5. The van der Waals surface area contributed by atoms with Gasteiger partial charge in [-0.15, -0.1) is 0 Å². The van der Waals surface area contributed by atoms with E-state index in [1.54, 1.807) is 30.9 Å². The number of rotatable bonds is 2. The number of nitrogens with zero attached hydrogens (tertiary/aromatic N) is 4. The van der Waals surface area contributed by atoms with Gasteiger partial charge in [0.25, 0.3) is 5.91 Å². The molecule has 1 amide bonds. The van der Waals surface area contributed by atoms with Crippen LogP contribution in [-0.4, -0.2) is 42.1 Å². The van der Waals surface area contributed by atoms with Gasteiger partial charge in [0.1, 0.15) is 17.1 Å². The molecule has 2 aliphatic heterocycles. The largest absolute Gasteiger partial charge is 0.361 e. The highest BCUT2D eigenvalue weighted by Crippen LogP contribution is 2.47. The quantitative estimate of drug-likeness (QED) is 0.762. The molecule has 1 aromatic carbocycles. The second kappa shape index (κ2) is 6.46. The van der Waals surface area contributed by atoms with E-state index >= 15 is 0 Å². The van der Waals surface area contributed by atoms with E-state index in [-0.39, 0.29) is 17.1 Å². The van der Waals surface area contributed by atoms with E-state index in [0.29, 0.717) is 30.1 Å². The fourth-order valence-electron chi connectivity index (χ4n) is 4.41. The molecule has 0 atom stereocenters. The summed E-state index contributed by atoms with van der Waals surface area (Å²) in [6.07, 6.45) is 1.58. The van der Waals surface area contributed by atoms with Crippen LogP contribution in [0.15, 0.2) is 22.7 Å². The minimum atomic E-state index is -0.292. The topological polar surface area (TPSA) is 73.4 Å². The van der Waals surface area contributed by atoms with Gasteiger partial charge in [-0.1, -0.05) is 5.16 Å². The summed E-state index contributed by atoms with van der Waals surface area (Å²) in [5.41, 5.74) is 2.41. The fraction of sp³-hybridized carbons (Fsp3) is 0.450. The van der Waals surface area contributed by atoms with Gasteiger partial charge in [0.15, 0.2) is 0 Å². The zero-order chi connectivity index (χ0) is 19.2. The summed E-state index contributed by atoms with van der Waals surface area (Å²) in [6, 6.07) is 6.84. The van der Waals surface area contributed by atoms with Crippen LogP contribution in [0.5, 0.6) is 0 Å². The molecule has 0 N–H and O–H groups in total. The maximum Gasteiger partial charge on any atom is 0.263 e. The SMILES string of the molecule is Cc1noc(C)c1C(=O)N1CC2(CCN(CC#N)CC2)c2cc(F)ccc21. The van der Waals surface area contributed by atoms with E-state index in [2.05, 4.69) is 16.1 Å². The first kappa shape index (κ1) is 17.7. The number of benzene rings is 1. The fourth-order valence-corrected chi connectivity index (χ4v) is 4.41. The Labute approximate surface area is 157 Å². The third-order valence-corrected chi connectivity index (χ3v) is 5.88. The van der Waals surface area contributed by atoms with Crippen LogP contribution in [0.1, 0.15) is 40.2 Å². The van der Waals surface area contributed by atoms with Gasteiger partial charge in [0, 0.05) is 30.7 Å². The number of hydrogen-bond donors (Lipinski definition) is 0. The van der Waals surface area contributed by atoms with Crippen LogP contribution in [0.25, 0.3) is 0 Å². The van der Waals surface area contributed by atoms with Crippen molar-refractivity contribution in [2.24, 2.45) is 0 Å². The Morgan fingerprint density at radius 3 is 2.74 bits per heavy atom. The molecule has 140 valence electrons. The summed E-state index contributed by atoms with van der Waals surface area (Å²) < 4.78 is 19.2. The highest BCUT2D eigenvalue weighted by atomic mass is 19.1. The molecule has 1 fully saturated rings. The molecule has 1 aromatic heterocycles. The van der Waals surface area contributed by atoms with Crippen molar-refractivity contribution in [2.45, 2.75) is 32.1 Å². The predicted molar refractivity (Wildman–Crippen MR) is 97.0 cm³/mol. The molecule has 0 unspecified atom stereocenters. The second-order valence-corrected chi connectivity index (χ2v) is 7.47. The Hall–Kier alpha value is -2.72. The van der Waals surface area contributed by atoms with E-state index in [4.69, 9.17) is 9.78 Å². The van der Waals surface area contributed by atoms with Gasteiger partial charge in [-0.05, 0) is 50.5 Å². The summed E-state index contributed by atoms with van der Waals surface area (Å²) >= 11 is 0. The number of piperidine rings is 1. The van der Waals surface area contributed by atoms with Crippen molar-refractivity contribution < 1.29 is 13.7 Å². The number of nitriles is 1. The van der Waals surface area contributed by atoms with Gasteiger partial charge >= 0.3 is 0 Å². The zero-order valence-corrected chi connectivity index (χ0v) is 15.5. The number of carbonyl (C=O) groups excluding carboxylic acids is 1. The van der Waals surface area contributed by atoms with Crippen LogP contribution in [0.3, 0.4) is 0 Å². The molecule has 4 rings (SSSR count). The number of anilines is 1. The minimum absolute atomic E-state index is 0.157. The molecule has 0 radical (unpaired) electrons. The van der Waals surface area contributed by atoms with Crippen LogP contribution in [0.2, 0.25) is 0 Å². The summed E-state index contributed by atoms with van der Waals surface area (Å²) in [5, 5.41) is 12.8. The van der Waals surface area contributed by atoms with Crippen LogP contribution >= 0.6 is 0 Å². The highest BCUT2D eigenvalue weighted by molar-refractivity contribution is 6.09. The van der Waals surface area contributed by atoms with Crippen LogP contribution in [0.4, 0.5) is 10.1 Å². The average Bonchev–Trinajstić information content (AvgIpc) is 3.15. The minimum Gasteiger partial charge on any atom is -0.361 e. The summed E-state index contributed by atoms with van der Waals surface area (Å²) in [4.78, 5) is 17.1. The maximum atomic E-state index is 14.0. The third-order valence-electron chi connectivity index (χ3n) is 5.88. The normalized spacial score (nSPS) is 18.5. The number of halogens is 1.